The van der Waals surface area contributed by atoms with Crippen molar-refractivity contribution < 1.29 is 0 Å². The van der Waals surface area contributed by atoms with Gasteiger partial charge in [-0.1, -0.05) is 36.4 Å². The molecule has 1 saturated carbocycles. The second-order valence-corrected chi connectivity index (χ2v) is 5.98. The molecule has 2 atom stereocenters. The van der Waals surface area contributed by atoms with Crippen LogP contribution in [0.15, 0.2) is 48.5 Å². The molecular weight excluding hydrogens is 244 g/mol. The van der Waals surface area contributed by atoms with E-state index in [-0.39, 0.29) is 0 Å². The first-order valence-electron chi connectivity index (χ1n) is 7.58. The minimum Gasteiger partial charge on any atom is -0.337 e. The first-order valence-corrected chi connectivity index (χ1v) is 7.58. The quantitative estimate of drug-likeness (QED) is 0.700. The maximum atomic E-state index is 6.21. The zero-order valence-electron chi connectivity index (χ0n) is 11.6. The van der Waals surface area contributed by atoms with Crippen LogP contribution >= 0.6 is 0 Å². The Bertz CT molecular complexity index is 703. The molecule has 0 aliphatic heterocycles. The van der Waals surface area contributed by atoms with Crippen molar-refractivity contribution in [3.05, 3.63) is 48.5 Å². The van der Waals surface area contributed by atoms with E-state index >= 15 is 0 Å². The molecule has 1 fully saturated rings. The molecule has 1 aliphatic rings. The average Bonchev–Trinajstić information content (AvgIpc) is 2.82. The van der Waals surface area contributed by atoms with Crippen LogP contribution in [0.2, 0.25) is 0 Å². The van der Waals surface area contributed by atoms with Crippen LogP contribution in [0.3, 0.4) is 0 Å². The van der Waals surface area contributed by atoms with E-state index in [0.717, 1.165) is 6.42 Å². The summed E-state index contributed by atoms with van der Waals surface area (Å²) in [4.78, 5) is 0. The van der Waals surface area contributed by atoms with Gasteiger partial charge >= 0.3 is 0 Å². The Kier molecular flexibility index (Phi) is 2.78. The number of hydrogen-bond donors (Lipinski definition) is 1. The van der Waals surface area contributed by atoms with Crippen LogP contribution in [0.4, 0.5) is 0 Å². The molecule has 20 heavy (non-hydrogen) atoms. The van der Waals surface area contributed by atoms with Gasteiger partial charge in [0.15, 0.2) is 0 Å². The molecule has 2 N–H and O–H groups in total. The summed E-state index contributed by atoms with van der Waals surface area (Å²) in [6.45, 7) is 0. The van der Waals surface area contributed by atoms with E-state index in [1.165, 1.54) is 41.1 Å². The molecule has 3 aromatic rings. The third-order valence-corrected chi connectivity index (χ3v) is 4.67. The molecule has 0 bridgehead atoms. The van der Waals surface area contributed by atoms with Gasteiger partial charge in [0.1, 0.15) is 0 Å². The van der Waals surface area contributed by atoms with Gasteiger partial charge in [-0.05, 0) is 37.8 Å². The highest BCUT2D eigenvalue weighted by molar-refractivity contribution is 6.08. The van der Waals surface area contributed by atoms with Crippen molar-refractivity contribution in [3.63, 3.8) is 0 Å². The van der Waals surface area contributed by atoms with Gasteiger partial charge in [0.05, 0.1) is 0 Å². The van der Waals surface area contributed by atoms with Crippen molar-refractivity contribution in [3.8, 4) is 0 Å². The van der Waals surface area contributed by atoms with Crippen LogP contribution in [0.25, 0.3) is 21.8 Å². The number of nitrogens with two attached hydrogens (primary N) is 1. The van der Waals surface area contributed by atoms with Crippen LogP contribution < -0.4 is 5.73 Å². The fraction of sp³-hybridized carbons (Fsp3) is 0.333. The van der Waals surface area contributed by atoms with E-state index in [1.54, 1.807) is 0 Å². The zero-order chi connectivity index (χ0) is 13.5. The highest BCUT2D eigenvalue weighted by atomic mass is 15.0. The van der Waals surface area contributed by atoms with E-state index < -0.39 is 0 Å². The van der Waals surface area contributed by atoms with Crippen LogP contribution in [0, 0.1) is 0 Å². The number of nitrogens with zero attached hydrogens (tertiary/aromatic N) is 1. The molecule has 0 unspecified atom stereocenters. The van der Waals surface area contributed by atoms with E-state index in [9.17, 15) is 0 Å². The smallest absolute Gasteiger partial charge is 0.0493 e. The molecule has 0 radical (unpaired) electrons. The summed E-state index contributed by atoms with van der Waals surface area (Å²) < 4.78 is 2.53. The minimum atomic E-state index is 0.355. The van der Waals surface area contributed by atoms with Crippen molar-refractivity contribution in [2.75, 3.05) is 0 Å². The molecule has 1 aliphatic carbocycles. The number of benzene rings is 2. The predicted octanol–water partition coefficient (Wildman–Crippen LogP) is 4.24. The second-order valence-electron chi connectivity index (χ2n) is 5.98. The molecule has 1 heterocycles. The highest BCUT2D eigenvalue weighted by Crippen LogP contribution is 2.36. The van der Waals surface area contributed by atoms with Gasteiger partial charge < -0.3 is 10.3 Å². The molecule has 0 spiro atoms. The molecule has 0 saturated heterocycles. The number of para-hydroxylation sites is 2. The number of fused-ring (bicyclic) bond motifs is 3. The Labute approximate surface area is 119 Å². The Morgan fingerprint density at radius 1 is 0.850 bits per heavy atom. The van der Waals surface area contributed by atoms with Crippen LogP contribution in [-0.4, -0.2) is 10.6 Å². The van der Waals surface area contributed by atoms with E-state index in [2.05, 4.69) is 53.1 Å². The third-order valence-electron chi connectivity index (χ3n) is 4.67. The van der Waals surface area contributed by atoms with Gasteiger partial charge in [-0.2, -0.15) is 0 Å². The van der Waals surface area contributed by atoms with Gasteiger partial charge in [-0.3, -0.25) is 0 Å². The fourth-order valence-electron chi connectivity index (χ4n) is 3.78. The maximum Gasteiger partial charge on any atom is 0.0493 e. The van der Waals surface area contributed by atoms with Crippen molar-refractivity contribution in [1.29, 1.82) is 0 Å². The van der Waals surface area contributed by atoms with Crippen molar-refractivity contribution in [1.82, 2.24) is 4.57 Å². The lowest BCUT2D eigenvalue weighted by atomic mass is 9.91. The molecule has 1 aromatic heterocycles. The van der Waals surface area contributed by atoms with Gasteiger partial charge in [-0.25, -0.2) is 0 Å². The highest BCUT2D eigenvalue weighted by Gasteiger charge is 2.23. The lowest BCUT2D eigenvalue weighted by Crippen LogP contribution is -2.29. The topological polar surface area (TPSA) is 30.9 Å². The standard InChI is InChI=1S/C18H20N2/c19-13-6-5-7-14(12-13)20-17-10-3-1-8-15(17)16-9-2-4-11-18(16)20/h1-4,8-11,13-14H,5-7,12,19H2/t13-,14+/m0/s1. The Morgan fingerprint density at radius 3 is 2.05 bits per heavy atom. The SMILES string of the molecule is N[C@H]1CCC[C@@H](n2c3ccccc3c3ccccc32)C1. The summed E-state index contributed by atoms with van der Waals surface area (Å²) in [5.41, 5.74) is 8.91. The minimum absolute atomic E-state index is 0.355. The van der Waals surface area contributed by atoms with Crippen LogP contribution in [-0.2, 0) is 0 Å². The molecule has 0 amide bonds. The normalized spacial score (nSPS) is 23.4. The van der Waals surface area contributed by atoms with Crippen LogP contribution in [0.5, 0.6) is 0 Å². The summed E-state index contributed by atoms with van der Waals surface area (Å²) in [6.07, 6.45) is 4.76. The number of rotatable bonds is 1. The van der Waals surface area contributed by atoms with E-state index in [0.29, 0.717) is 12.1 Å². The summed E-state index contributed by atoms with van der Waals surface area (Å²) in [5, 5.41) is 2.73. The molecule has 102 valence electrons. The predicted molar refractivity (Wildman–Crippen MR) is 84.9 cm³/mol. The summed E-state index contributed by atoms with van der Waals surface area (Å²) in [6, 6.07) is 18.4. The summed E-state index contributed by atoms with van der Waals surface area (Å²) in [5.74, 6) is 0. The second kappa shape index (κ2) is 4.64. The average molecular weight is 264 g/mol. The largest absolute Gasteiger partial charge is 0.337 e. The van der Waals surface area contributed by atoms with Crippen molar-refractivity contribution in [2.24, 2.45) is 5.73 Å². The Hall–Kier alpha value is -1.80. The third kappa shape index (κ3) is 1.75. The lowest BCUT2D eigenvalue weighted by Gasteiger charge is -2.29. The Balaban J connectivity index is 2.00. The monoisotopic (exact) mass is 264 g/mol. The van der Waals surface area contributed by atoms with Crippen molar-refractivity contribution >= 4 is 21.8 Å². The molecule has 2 aromatic carbocycles. The van der Waals surface area contributed by atoms with Crippen molar-refractivity contribution in [2.45, 2.75) is 37.8 Å². The number of aromatic nitrogens is 1. The fourth-order valence-corrected chi connectivity index (χ4v) is 3.78. The van der Waals surface area contributed by atoms with Crippen LogP contribution in [0.1, 0.15) is 31.7 Å². The van der Waals surface area contributed by atoms with E-state index in [4.69, 9.17) is 5.73 Å². The first kappa shape index (κ1) is 12.0. The summed E-state index contributed by atoms with van der Waals surface area (Å²) in [7, 11) is 0. The first-order chi connectivity index (χ1) is 9.84. The lowest BCUT2D eigenvalue weighted by molar-refractivity contribution is 0.331. The van der Waals surface area contributed by atoms with Gasteiger partial charge in [0, 0.05) is 33.9 Å². The summed E-state index contributed by atoms with van der Waals surface area (Å²) >= 11 is 0. The molecule has 2 heteroatoms. The van der Waals surface area contributed by atoms with E-state index in [1.807, 2.05) is 0 Å². The van der Waals surface area contributed by atoms with Gasteiger partial charge in [-0.15, -0.1) is 0 Å². The molecule has 4 rings (SSSR count). The molecular formula is C18H20N2. The maximum absolute atomic E-state index is 6.21. The number of hydrogen-bond acceptors (Lipinski definition) is 1. The van der Waals surface area contributed by atoms with Gasteiger partial charge in [0.2, 0.25) is 0 Å². The Morgan fingerprint density at radius 2 is 1.45 bits per heavy atom. The van der Waals surface area contributed by atoms with Gasteiger partial charge in [0.25, 0.3) is 0 Å². The molecule has 2 nitrogen and oxygen atoms in total. The zero-order valence-corrected chi connectivity index (χ0v) is 11.6.